The number of rotatable bonds is 5. The lowest BCUT2D eigenvalue weighted by Crippen LogP contribution is -2.36. The lowest BCUT2D eigenvalue weighted by atomic mass is 9.79. The molecule has 3 aromatic rings. The van der Waals surface area contributed by atoms with E-state index in [1.54, 1.807) is 36.4 Å². The maximum Gasteiger partial charge on any atom is 0.317 e. The van der Waals surface area contributed by atoms with Crippen LogP contribution in [0, 0.1) is 5.82 Å². The summed E-state index contributed by atoms with van der Waals surface area (Å²) in [6.45, 7) is -0.584. The summed E-state index contributed by atoms with van der Waals surface area (Å²) in [6.07, 6.45) is 2.59. The fraction of sp³-hybridized carbons (Fsp3) is 0.214. The number of nitrogens with one attached hydrogen (secondary N) is 1. The van der Waals surface area contributed by atoms with Crippen molar-refractivity contribution in [3.05, 3.63) is 99.3 Å². The van der Waals surface area contributed by atoms with E-state index < -0.39 is 29.7 Å². The summed E-state index contributed by atoms with van der Waals surface area (Å²) in [5, 5.41) is 2.63. The van der Waals surface area contributed by atoms with Crippen LogP contribution in [0.2, 0.25) is 5.02 Å². The van der Waals surface area contributed by atoms with Crippen LogP contribution < -0.4 is 5.32 Å². The Bertz CT molecular complexity index is 1430. The van der Waals surface area contributed by atoms with E-state index in [0.29, 0.717) is 24.0 Å². The van der Waals surface area contributed by atoms with Crippen LogP contribution in [-0.4, -0.2) is 30.0 Å². The van der Waals surface area contributed by atoms with Gasteiger partial charge < -0.3 is 10.1 Å². The molecule has 1 saturated carbocycles. The number of ether oxygens (including phenoxy) is 1. The lowest BCUT2D eigenvalue weighted by molar-refractivity contribution is -0.153. The van der Waals surface area contributed by atoms with Crippen molar-refractivity contribution in [2.24, 2.45) is 0 Å². The van der Waals surface area contributed by atoms with Gasteiger partial charge in [0.1, 0.15) is 5.82 Å². The van der Waals surface area contributed by atoms with Crippen LogP contribution in [0.3, 0.4) is 0 Å². The molecule has 2 aliphatic carbocycles. The molecule has 0 aromatic heterocycles. The molecule has 5 rings (SSSR count). The minimum atomic E-state index is -0.994. The van der Waals surface area contributed by atoms with E-state index in [1.807, 2.05) is 0 Å². The van der Waals surface area contributed by atoms with Crippen LogP contribution in [-0.2, 0) is 19.7 Å². The first-order valence-corrected chi connectivity index (χ1v) is 11.9. The van der Waals surface area contributed by atoms with E-state index in [9.17, 15) is 23.6 Å². The van der Waals surface area contributed by atoms with Gasteiger partial charge in [-0.25, -0.2) is 4.39 Å². The number of hydrogen-bond acceptors (Lipinski definition) is 5. The van der Waals surface area contributed by atoms with Crippen molar-refractivity contribution in [2.75, 3.05) is 11.9 Å². The third-order valence-corrected chi connectivity index (χ3v) is 7.16. The zero-order chi connectivity index (χ0) is 25.4. The number of halogens is 2. The van der Waals surface area contributed by atoms with E-state index in [4.69, 9.17) is 16.3 Å². The van der Waals surface area contributed by atoms with Gasteiger partial charge in [-0.2, -0.15) is 0 Å². The number of amides is 1. The van der Waals surface area contributed by atoms with Gasteiger partial charge in [0.05, 0.1) is 16.1 Å². The predicted octanol–water partition coefficient (Wildman–Crippen LogP) is 5.25. The Labute approximate surface area is 211 Å². The maximum absolute atomic E-state index is 13.8. The minimum Gasteiger partial charge on any atom is -0.455 e. The van der Waals surface area contributed by atoms with Gasteiger partial charge in [-0.05, 0) is 42.7 Å². The van der Waals surface area contributed by atoms with Crippen molar-refractivity contribution in [2.45, 2.75) is 31.1 Å². The fourth-order valence-electron chi connectivity index (χ4n) is 5.04. The molecule has 1 N–H and O–H groups in total. The molecule has 0 aliphatic heterocycles. The lowest BCUT2D eigenvalue weighted by Gasteiger charge is -2.27. The summed E-state index contributed by atoms with van der Waals surface area (Å²) in [5.41, 5.74) is 0.533. The summed E-state index contributed by atoms with van der Waals surface area (Å²) < 4.78 is 19.2. The number of fused-ring (bicyclic) bond motifs is 2. The Morgan fingerprint density at radius 2 is 1.53 bits per heavy atom. The average Bonchev–Trinajstić information content (AvgIpc) is 3.38. The maximum atomic E-state index is 13.8. The summed E-state index contributed by atoms with van der Waals surface area (Å²) in [5.74, 6) is -2.37. The fourth-order valence-corrected chi connectivity index (χ4v) is 5.26. The van der Waals surface area contributed by atoms with Crippen molar-refractivity contribution >= 4 is 40.7 Å². The number of ketones is 2. The van der Waals surface area contributed by atoms with Crippen molar-refractivity contribution in [3.63, 3.8) is 0 Å². The minimum absolute atomic E-state index is 0.0704. The SMILES string of the molecule is O=C(COC(=O)C1(c2cccc(F)c2)CCCC1)Nc1cc2c(cc1Cl)C(=O)c1ccccc1C2=O. The van der Waals surface area contributed by atoms with E-state index in [1.165, 1.54) is 24.3 Å². The van der Waals surface area contributed by atoms with Crippen LogP contribution in [0.4, 0.5) is 10.1 Å². The van der Waals surface area contributed by atoms with Gasteiger partial charge in [-0.3, -0.25) is 19.2 Å². The molecule has 1 fully saturated rings. The number of anilines is 1. The molecule has 0 spiro atoms. The van der Waals surface area contributed by atoms with E-state index in [2.05, 4.69) is 5.32 Å². The van der Waals surface area contributed by atoms with Crippen molar-refractivity contribution < 1.29 is 28.3 Å². The number of esters is 1. The van der Waals surface area contributed by atoms with Crippen LogP contribution in [0.25, 0.3) is 0 Å². The predicted molar refractivity (Wildman–Crippen MR) is 131 cm³/mol. The first-order chi connectivity index (χ1) is 17.3. The Balaban J connectivity index is 1.32. The molecule has 3 aromatic carbocycles. The first kappa shape index (κ1) is 23.9. The zero-order valence-electron chi connectivity index (χ0n) is 19.1. The molecule has 0 saturated heterocycles. The van der Waals surface area contributed by atoms with E-state index >= 15 is 0 Å². The number of benzene rings is 3. The van der Waals surface area contributed by atoms with Gasteiger partial charge >= 0.3 is 5.97 Å². The molecular weight excluding hydrogens is 485 g/mol. The smallest absolute Gasteiger partial charge is 0.317 e. The van der Waals surface area contributed by atoms with E-state index in [-0.39, 0.29) is 39.0 Å². The Morgan fingerprint density at radius 3 is 2.17 bits per heavy atom. The summed E-state index contributed by atoms with van der Waals surface area (Å²) in [6, 6.07) is 15.1. The molecule has 0 bridgehead atoms. The molecule has 6 nitrogen and oxygen atoms in total. The van der Waals surface area contributed by atoms with Crippen LogP contribution in [0.1, 0.15) is 63.1 Å². The molecule has 0 heterocycles. The molecular formula is C28H21ClFNO5. The highest BCUT2D eigenvalue weighted by Crippen LogP contribution is 2.42. The van der Waals surface area contributed by atoms with Gasteiger partial charge in [0.2, 0.25) is 0 Å². The third-order valence-electron chi connectivity index (χ3n) is 6.85. The van der Waals surface area contributed by atoms with Crippen molar-refractivity contribution in [1.82, 2.24) is 0 Å². The number of carbonyl (C=O) groups excluding carboxylic acids is 4. The molecule has 8 heteroatoms. The standard InChI is InChI=1S/C28H21ClFNO5/c29-22-13-20-21(26(34)19-9-2-1-8-18(19)25(20)33)14-23(22)31-24(32)15-36-27(35)28(10-3-4-11-28)16-6-5-7-17(30)12-16/h1-2,5-9,12-14H,3-4,10-11,15H2,(H,31,32). The first-order valence-electron chi connectivity index (χ1n) is 11.6. The summed E-state index contributed by atoms with van der Waals surface area (Å²) in [4.78, 5) is 51.5. The molecule has 1 amide bonds. The van der Waals surface area contributed by atoms with Gasteiger partial charge in [0.25, 0.3) is 5.91 Å². The average molecular weight is 506 g/mol. The second kappa shape index (κ2) is 9.32. The van der Waals surface area contributed by atoms with Gasteiger partial charge in [0, 0.05) is 22.3 Å². The largest absolute Gasteiger partial charge is 0.455 e. The number of hydrogen-bond donors (Lipinski definition) is 1. The molecule has 0 unspecified atom stereocenters. The van der Waals surface area contributed by atoms with Crippen LogP contribution >= 0.6 is 11.6 Å². The van der Waals surface area contributed by atoms with Gasteiger partial charge in [0.15, 0.2) is 18.2 Å². The van der Waals surface area contributed by atoms with Crippen LogP contribution in [0.15, 0.2) is 60.7 Å². The quantitative estimate of drug-likeness (QED) is 0.374. The number of carbonyl (C=O) groups is 4. The summed E-state index contributed by atoms with van der Waals surface area (Å²) in [7, 11) is 0. The molecule has 182 valence electrons. The summed E-state index contributed by atoms with van der Waals surface area (Å²) >= 11 is 6.31. The van der Waals surface area contributed by atoms with Crippen molar-refractivity contribution in [3.8, 4) is 0 Å². The van der Waals surface area contributed by atoms with Crippen LogP contribution in [0.5, 0.6) is 0 Å². The highest BCUT2D eigenvalue weighted by atomic mass is 35.5. The van der Waals surface area contributed by atoms with E-state index in [0.717, 1.165) is 12.8 Å². The normalized spacial score (nSPS) is 15.7. The van der Waals surface area contributed by atoms with Gasteiger partial charge in [-0.1, -0.05) is 60.8 Å². The Morgan fingerprint density at radius 1 is 0.889 bits per heavy atom. The molecule has 0 atom stereocenters. The Kier molecular flexibility index (Phi) is 6.18. The molecule has 36 heavy (non-hydrogen) atoms. The van der Waals surface area contributed by atoms with Gasteiger partial charge in [-0.15, -0.1) is 0 Å². The highest BCUT2D eigenvalue weighted by Gasteiger charge is 2.44. The Hall–Kier alpha value is -3.84. The third kappa shape index (κ3) is 4.09. The second-order valence-corrected chi connectivity index (χ2v) is 9.41. The topological polar surface area (TPSA) is 89.5 Å². The zero-order valence-corrected chi connectivity index (χ0v) is 19.9. The monoisotopic (exact) mass is 505 g/mol. The van der Waals surface area contributed by atoms with Crippen molar-refractivity contribution in [1.29, 1.82) is 0 Å². The molecule has 0 radical (unpaired) electrons. The highest BCUT2D eigenvalue weighted by molar-refractivity contribution is 6.36. The second-order valence-electron chi connectivity index (χ2n) is 9.01. The molecule has 2 aliphatic rings.